The van der Waals surface area contributed by atoms with Crippen molar-refractivity contribution in [1.29, 1.82) is 0 Å². The molecule has 204 valence electrons. The maximum atomic E-state index is 13.8. The number of carbonyl (C=O) groups is 1. The minimum absolute atomic E-state index is 0.00664. The van der Waals surface area contributed by atoms with Crippen molar-refractivity contribution in [2.24, 2.45) is 0 Å². The number of allylic oxidation sites excluding steroid dienone is 1. The van der Waals surface area contributed by atoms with Gasteiger partial charge < -0.3 is 15.4 Å². The summed E-state index contributed by atoms with van der Waals surface area (Å²) in [6.45, 7) is 8.26. The van der Waals surface area contributed by atoms with Crippen LogP contribution in [0.3, 0.4) is 0 Å². The summed E-state index contributed by atoms with van der Waals surface area (Å²) in [6, 6.07) is 20.7. The Morgan fingerprint density at radius 3 is 2.35 bits per heavy atom. The van der Waals surface area contributed by atoms with Crippen LogP contribution in [0.5, 0.6) is 5.75 Å². The van der Waals surface area contributed by atoms with Gasteiger partial charge in [0.05, 0.1) is 23.3 Å². The predicted molar refractivity (Wildman–Crippen MR) is 153 cm³/mol. The van der Waals surface area contributed by atoms with Gasteiger partial charge in [0.2, 0.25) is 5.95 Å². The molecule has 0 bridgehead atoms. The fourth-order valence-electron chi connectivity index (χ4n) is 4.71. The topological polar surface area (TPSA) is 124 Å². The van der Waals surface area contributed by atoms with Crippen LogP contribution in [0.25, 0.3) is 11.4 Å². The molecule has 1 aromatic heterocycles. The molecule has 4 aromatic rings. The Labute approximate surface area is 231 Å². The Hall–Kier alpha value is -4.99. The fraction of sp³-hybridized carbons (Fsp3) is 0.233. The van der Waals surface area contributed by atoms with Crippen molar-refractivity contribution in [1.82, 2.24) is 14.8 Å². The molecule has 10 heteroatoms. The summed E-state index contributed by atoms with van der Waals surface area (Å²) in [5, 5.41) is 22.3. The van der Waals surface area contributed by atoms with E-state index in [4.69, 9.17) is 14.8 Å². The molecule has 0 fully saturated rings. The average molecular weight is 539 g/mol. The maximum Gasteiger partial charge on any atom is 0.269 e. The average Bonchev–Trinajstić information content (AvgIpc) is 3.35. The standard InChI is InChI=1S/C30H30N6O4/c1-18-25(28(37)32-23-8-6-7-9-24(23)40-5)26(19-12-16-22(17-13-19)36(38)39)35-29(31-18)33-27(34-35)20-10-14-21(15-11-20)30(2,3)4/h6-17,26H,1-5H3,(H,32,37)(H,31,33,34). The van der Waals surface area contributed by atoms with Crippen LogP contribution in [-0.4, -0.2) is 32.7 Å². The third-order valence-corrected chi connectivity index (χ3v) is 6.88. The molecule has 0 spiro atoms. The number of non-ortho nitro benzene ring substituents is 1. The number of nitro benzene ring substituents is 1. The number of amides is 1. The van der Waals surface area contributed by atoms with Crippen LogP contribution in [0, 0.1) is 10.1 Å². The molecule has 1 aliphatic heterocycles. The van der Waals surface area contributed by atoms with Gasteiger partial charge in [0.1, 0.15) is 11.8 Å². The van der Waals surface area contributed by atoms with Crippen LogP contribution >= 0.6 is 0 Å². The minimum atomic E-state index is -0.693. The Balaban J connectivity index is 1.58. The van der Waals surface area contributed by atoms with Crippen LogP contribution in [0.2, 0.25) is 0 Å². The van der Waals surface area contributed by atoms with E-state index < -0.39 is 11.0 Å². The molecule has 1 atom stereocenters. The summed E-state index contributed by atoms with van der Waals surface area (Å²) in [5.74, 6) is 1.11. The number of anilines is 2. The summed E-state index contributed by atoms with van der Waals surface area (Å²) >= 11 is 0. The van der Waals surface area contributed by atoms with Crippen molar-refractivity contribution >= 4 is 23.2 Å². The zero-order valence-corrected chi connectivity index (χ0v) is 22.9. The SMILES string of the molecule is COc1ccccc1NC(=O)C1=C(C)Nc2nc(-c3ccc(C(C)(C)C)cc3)nn2C1c1ccc([N+](=O)[O-])cc1. The van der Waals surface area contributed by atoms with Crippen molar-refractivity contribution in [3.05, 3.63) is 105 Å². The summed E-state index contributed by atoms with van der Waals surface area (Å²) < 4.78 is 7.06. The van der Waals surface area contributed by atoms with Gasteiger partial charge in [-0.1, -0.05) is 57.2 Å². The highest BCUT2D eigenvalue weighted by atomic mass is 16.6. The molecule has 5 rings (SSSR count). The summed E-state index contributed by atoms with van der Waals surface area (Å²) in [5.41, 5.74) is 4.13. The second kappa shape index (κ2) is 10.3. The molecule has 2 heterocycles. The number of aromatic nitrogens is 3. The summed E-state index contributed by atoms with van der Waals surface area (Å²) in [4.78, 5) is 29.4. The molecule has 1 amide bonds. The monoisotopic (exact) mass is 538 g/mol. The highest BCUT2D eigenvalue weighted by Gasteiger charge is 2.35. The Morgan fingerprint density at radius 2 is 1.73 bits per heavy atom. The first-order valence-electron chi connectivity index (χ1n) is 12.8. The van der Waals surface area contributed by atoms with E-state index in [1.165, 1.54) is 24.8 Å². The molecule has 1 aliphatic rings. The molecule has 0 saturated carbocycles. The van der Waals surface area contributed by atoms with Crippen molar-refractivity contribution in [3.8, 4) is 17.1 Å². The zero-order chi connectivity index (χ0) is 28.6. The fourth-order valence-corrected chi connectivity index (χ4v) is 4.71. The van der Waals surface area contributed by atoms with E-state index in [0.29, 0.717) is 40.0 Å². The van der Waals surface area contributed by atoms with Gasteiger partial charge in [0.25, 0.3) is 11.6 Å². The number of carbonyl (C=O) groups excluding carboxylic acids is 1. The molecule has 2 N–H and O–H groups in total. The van der Waals surface area contributed by atoms with Gasteiger partial charge in [0, 0.05) is 23.4 Å². The number of hydrogen-bond donors (Lipinski definition) is 2. The van der Waals surface area contributed by atoms with Crippen LogP contribution < -0.4 is 15.4 Å². The lowest BCUT2D eigenvalue weighted by molar-refractivity contribution is -0.384. The Kier molecular flexibility index (Phi) is 6.85. The molecule has 3 aromatic carbocycles. The Bertz CT molecular complexity index is 1620. The van der Waals surface area contributed by atoms with Gasteiger partial charge in [-0.05, 0) is 47.7 Å². The Morgan fingerprint density at radius 1 is 1.05 bits per heavy atom. The van der Waals surface area contributed by atoms with Gasteiger partial charge in [-0.25, -0.2) is 4.68 Å². The van der Waals surface area contributed by atoms with Gasteiger partial charge in [-0.3, -0.25) is 14.9 Å². The molecule has 0 radical (unpaired) electrons. The van der Waals surface area contributed by atoms with E-state index in [1.54, 1.807) is 41.9 Å². The number of para-hydroxylation sites is 2. The van der Waals surface area contributed by atoms with Crippen LogP contribution in [0.15, 0.2) is 84.1 Å². The lowest BCUT2D eigenvalue weighted by Crippen LogP contribution is -2.31. The minimum Gasteiger partial charge on any atom is -0.495 e. The van der Waals surface area contributed by atoms with E-state index in [9.17, 15) is 14.9 Å². The largest absolute Gasteiger partial charge is 0.495 e. The van der Waals surface area contributed by atoms with Crippen LogP contribution in [0.4, 0.5) is 17.3 Å². The normalized spacial score (nSPS) is 14.8. The van der Waals surface area contributed by atoms with Crippen molar-refractivity contribution < 1.29 is 14.5 Å². The number of benzene rings is 3. The highest BCUT2D eigenvalue weighted by molar-refractivity contribution is 6.06. The molecule has 40 heavy (non-hydrogen) atoms. The van der Waals surface area contributed by atoms with Crippen molar-refractivity contribution in [2.75, 3.05) is 17.7 Å². The van der Waals surface area contributed by atoms with Crippen LogP contribution in [0.1, 0.15) is 44.9 Å². The number of ether oxygens (including phenoxy) is 1. The second-order valence-corrected chi connectivity index (χ2v) is 10.6. The highest BCUT2D eigenvalue weighted by Crippen LogP contribution is 2.38. The molecule has 1 unspecified atom stereocenters. The second-order valence-electron chi connectivity index (χ2n) is 10.6. The van der Waals surface area contributed by atoms with E-state index in [-0.39, 0.29) is 17.0 Å². The van der Waals surface area contributed by atoms with Crippen LogP contribution in [-0.2, 0) is 10.2 Å². The van der Waals surface area contributed by atoms with Crippen molar-refractivity contribution in [2.45, 2.75) is 39.2 Å². The van der Waals surface area contributed by atoms with Gasteiger partial charge in [-0.2, -0.15) is 4.98 Å². The number of hydrogen-bond acceptors (Lipinski definition) is 7. The number of nitro groups is 1. The molecule has 0 aliphatic carbocycles. The summed E-state index contributed by atoms with van der Waals surface area (Å²) in [7, 11) is 1.54. The van der Waals surface area contributed by atoms with Gasteiger partial charge in [0.15, 0.2) is 5.82 Å². The first kappa shape index (κ1) is 26.6. The number of fused-ring (bicyclic) bond motifs is 1. The lowest BCUT2D eigenvalue weighted by atomic mass is 9.87. The molecule has 0 saturated heterocycles. The first-order valence-corrected chi connectivity index (χ1v) is 12.8. The number of nitrogens with zero attached hydrogens (tertiary/aromatic N) is 4. The third-order valence-electron chi connectivity index (χ3n) is 6.88. The van der Waals surface area contributed by atoms with E-state index in [0.717, 1.165) is 5.56 Å². The number of methoxy groups -OCH3 is 1. The van der Waals surface area contributed by atoms with Gasteiger partial charge >= 0.3 is 0 Å². The summed E-state index contributed by atoms with van der Waals surface area (Å²) in [6.07, 6.45) is 0. The number of nitrogens with one attached hydrogen (secondary N) is 2. The van der Waals surface area contributed by atoms with E-state index in [2.05, 4.69) is 43.5 Å². The zero-order valence-electron chi connectivity index (χ0n) is 22.9. The molecular weight excluding hydrogens is 508 g/mol. The molecular formula is C30H30N6O4. The predicted octanol–water partition coefficient (Wildman–Crippen LogP) is 6.09. The van der Waals surface area contributed by atoms with E-state index >= 15 is 0 Å². The quantitative estimate of drug-likeness (QED) is 0.225. The molecule has 10 nitrogen and oxygen atoms in total. The smallest absolute Gasteiger partial charge is 0.269 e. The van der Waals surface area contributed by atoms with Gasteiger partial charge in [-0.15, -0.1) is 5.10 Å². The number of rotatable bonds is 6. The first-order chi connectivity index (χ1) is 19.1. The van der Waals surface area contributed by atoms with E-state index in [1.807, 2.05) is 18.2 Å². The van der Waals surface area contributed by atoms with Crippen molar-refractivity contribution in [3.63, 3.8) is 0 Å². The maximum absolute atomic E-state index is 13.8. The lowest BCUT2D eigenvalue weighted by Gasteiger charge is -2.28. The third kappa shape index (κ3) is 5.03.